The zero-order valence-corrected chi connectivity index (χ0v) is 16.4. The molecule has 0 aromatic heterocycles. The molecule has 29 heavy (non-hydrogen) atoms. The van der Waals surface area contributed by atoms with Gasteiger partial charge in [-0.3, -0.25) is 0 Å². The molecular weight excluding hydrogens is 364 g/mol. The normalized spacial score (nSPS) is 10.4. The number of allylic oxidation sites excluding steroid dienone is 1. The lowest BCUT2D eigenvalue weighted by Crippen LogP contribution is -2.07. The maximum absolute atomic E-state index is 11.7. The molecule has 0 radical (unpaired) electrons. The molecule has 0 spiro atoms. The van der Waals surface area contributed by atoms with Crippen molar-refractivity contribution in [1.29, 1.82) is 0 Å². The zero-order chi connectivity index (χ0) is 20.6. The monoisotopic (exact) mass is 388 g/mol. The summed E-state index contributed by atoms with van der Waals surface area (Å²) in [6.45, 7) is 6.60. The molecule has 3 rings (SSSR count). The van der Waals surface area contributed by atoms with Gasteiger partial charge in [0.25, 0.3) is 0 Å². The van der Waals surface area contributed by atoms with Gasteiger partial charge in [-0.15, -0.1) is 0 Å². The van der Waals surface area contributed by atoms with E-state index < -0.39 is 5.97 Å². The molecule has 0 bridgehead atoms. The second kappa shape index (κ2) is 9.60. The molecule has 4 heteroatoms. The number of carboxylic acid groups (broad SMARTS) is 1. The second-order valence-electron chi connectivity index (χ2n) is 6.94. The van der Waals surface area contributed by atoms with Crippen molar-refractivity contribution in [2.45, 2.75) is 26.6 Å². The summed E-state index contributed by atoms with van der Waals surface area (Å²) in [6.07, 6.45) is 0.536. The van der Waals surface area contributed by atoms with Crippen LogP contribution in [0.2, 0.25) is 0 Å². The molecule has 0 saturated carbocycles. The Hall–Kier alpha value is -3.53. The molecule has 0 aliphatic rings. The number of rotatable bonds is 9. The highest BCUT2D eigenvalue weighted by Gasteiger charge is 2.17. The highest BCUT2D eigenvalue weighted by Crippen LogP contribution is 2.34. The lowest BCUT2D eigenvalue weighted by Gasteiger charge is -2.18. The topological polar surface area (TPSA) is 55.8 Å². The van der Waals surface area contributed by atoms with Gasteiger partial charge in [0.2, 0.25) is 0 Å². The Morgan fingerprint density at radius 2 is 1.31 bits per heavy atom. The fourth-order valence-corrected chi connectivity index (χ4v) is 2.95. The van der Waals surface area contributed by atoms with Gasteiger partial charge in [0.1, 0.15) is 24.7 Å². The first-order chi connectivity index (χ1) is 14.0. The van der Waals surface area contributed by atoms with Gasteiger partial charge in [-0.2, -0.15) is 0 Å². The van der Waals surface area contributed by atoms with Crippen molar-refractivity contribution in [3.05, 3.63) is 107 Å². The first-order valence-electron chi connectivity index (χ1n) is 9.41. The van der Waals surface area contributed by atoms with Crippen LogP contribution in [0.4, 0.5) is 0 Å². The number of hydrogen-bond donors (Lipinski definition) is 1. The minimum atomic E-state index is -1.03. The van der Waals surface area contributed by atoms with Crippen LogP contribution in [0.5, 0.6) is 11.5 Å². The molecule has 0 unspecified atom stereocenters. The fraction of sp³-hybridized carbons (Fsp3) is 0.160. The van der Waals surface area contributed by atoms with Crippen LogP contribution in [0.25, 0.3) is 0 Å². The molecule has 0 aliphatic heterocycles. The maximum Gasteiger partial charge on any atom is 0.335 e. The molecule has 0 amide bonds. The largest absolute Gasteiger partial charge is 0.488 e. The van der Waals surface area contributed by atoms with E-state index in [1.54, 1.807) is 12.1 Å². The van der Waals surface area contributed by atoms with Crippen molar-refractivity contribution in [3.63, 3.8) is 0 Å². The highest BCUT2D eigenvalue weighted by atomic mass is 16.5. The van der Waals surface area contributed by atoms with E-state index in [-0.39, 0.29) is 5.56 Å². The third-order valence-corrected chi connectivity index (χ3v) is 4.37. The van der Waals surface area contributed by atoms with E-state index in [4.69, 9.17) is 9.47 Å². The lowest BCUT2D eigenvalue weighted by atomic mass is 10.0. The van der Waals surface area contributed by atoms with Crippen LogP contribution >= 0.6 is 0 Å². The van der Waals surface area contributed by atoms with E-state index in [0.29, 0.717) is 31.1 Å². The van der Waals surface area contributed by atoms with E-state index in [1.165, 1.54) is 0 Å². The van der Waals surface area contributed by atoms with Crippen LogP contribution in [-0.2, 0) is 19.6 Å². The molecule has 0 fully saturated rings. The molecule has 4 nitrogen and oxygen atoms in total. The summed E-state index contributed by atoms with van der Waals surface area (Å²) in [5, 5.41) is 9.55. The van der Waals surface area contributed by atoms with E-state index in [2.05, 4.69) is 6.58 Å². The maximum atomic E-state index is 11.7. The van der Waals surface area contributed by atoms with Crippen LogP contribution in [0.15, 0.2) is 84.9 Å². The summed E-state index contributed by atoms with van der Waals surface area (Å²) in [4.78, 5) is 11.7. The number of carbonyl (C=O) groups is 1. The number of carboxylic acids is 1. The van der Waals surface area contributed by atoms with Crippen molar-refractivity contribution in [2.75, 3.05) is 0 Å². The summed E-state index contributed by atoms with van der Waals surface area (Å²) in [7, 11) is 0. The van der Waals surface area contributed by atoms with Crippen molar-refractivity contribution in [2.24, 2.45) is 0 Å². The SMILES string of the molecule is C=C(C)Cc1c(OCc2ccccc2)cc(C(=O)O)cc1OCc1ccccc1. The van der Waals surface area contributed by atoms with E-state index in [9.17, 15) is 9.90 Å². The Balaban J connectivity index is 1.93. The van der Waals surface area contributed by atoms with Crippen LogP contribution < -0.4 is 9.47 Å². The Labute approximate surface area is 171 Å². The Bertz CT molecular complexity index is 914. The predicted molar refractivity (Wildman–Crippen MR) is 113 cm³/mol. The van der Waals surface area contributed by atoms with Gasteiger partial charge in [-0.05, 0) is 30.2 Å². The first kappa shape index (κ1) is 20.2. The summed E-state index contributed by atoms with van der Waals surface area (Å²) < 4.78 is 12.0. The van der Waals surface area contributed by atoms with Gasteiger partial charge in [0.05, 0.1) is 5.56 Å². The van der Waals surface area contributed by atoms with Gasteiger partial charge in [0, 0.05) is 12.0 Å². The van der Waals surface area contributed by atoms with Crippen molar-refractivity contribution >= 4 is 5.97 Å². The molecule has 1 N–H and O–H groups in total. The Morgan fingerprint density at radius 1 is 0.862 bits per heavy atom. The minimum Gasteiger partial charge on any atom is -0.488 e. The van der Waals surface area contributed by atoms with Gasteiger partial charge < -0.3 is 14.6 Å². The molecule has 0 atom stereocenters. The van der Waals surface area contributed by atoms with Crippen molar-refractivity contribution in [1.82, 2.24) is 0 Å². The molecule has 148 valence electrons. The molecule has 0 aliphatic carbocycles. The fourth-order valence-electron chi connectivity index (χ4n) is 2.95. The molecular formula is C25H24O4. The number of hydrogen-bond acceptors (Lipinski definition) is 3. The smallest absolute Gasteiger partial charge is 0.335 e. The standard InChI is InChI=1S/C25H24O4/c1-18(2)13-22-23(28-16-19-9-5-3-6-10-19)14-21(25(26)27)15-24(22)29-17-20-11-7-4-8-12-20/h3-12,14-15H,1,13,16-17H2,2H3,(H,26,27). The summed E-state index contributed by atoms with van der Waals surface area (Å²) >= 11 is 0. The van der Waals surface area contributed by atoms with Crippen molar-refractivity contribution in [3.8, 4) is 11.5 Å². The molecule has 0 saturated heterocycles. The number of ether oxygens (including phenoxy) is 2. The third kappa shape index (κ3) is 5.72. The van der Waals surface area contributed by atoms with E-state index in [0.717, 1.165) is 22.3 Å². The molecule has 3 aromatic carbocycles. The minimum absolute atomic E-state index is 0.126. The Kier molecular flexibility index (Phi) is 6.69. The summed E-state index contributed by atoms with van der Waals surface area (Å²) in [6, 6.07) is 22.6. The average Bonchev–Trinajstić information content (AvgIpc) is 2.72. The van der Waals surface area contributed by atoms with Crippen LogP contribution in [-0.4, -0.2) is 11.1 Å². The van der Waals surface area contributed by atoms with Crippen LogP contribution in [0, 0.1) is 0 Å². The molecule has 0 heterocycles. The van der Waals surface area contributed by atoms with Gasteiger partial charge in [-0.1, -0.05) is 72.8 Å². The average molecular weight is 388 g/mol. The number of aromatic carboxylic acids is 1. The van der Waals surface area contributed by atoms with Crippen LogP contribution in [0.3, 0.4) is 0 Å². The van der Waals surface area contributed by atoms with Crippen molar-refractivity contribution < 1.29 is 19.4 Å². The Morgan fingerprint density at radius 3 is 1.69 bits per heavy atom. The van der Waals surface area contributed by atoms with Gasteiger partial charge in [0.15, 0.2) is 0 Å². The van der Waals surface area contributed by atoms with Crippen LogP contribution in [0.1, 0.15) is 34.0 Å². The second-order valence-corrected chi connectivity index (χ2v) is 6.94. The van der Waals surface area contributed by atoms with Gasteiger partial charge >= 0.3 is 5.97 Å². The third-order valence-electron chi connectivity index (χ3n) is 4.37. The first-order valence-corrected chi connectivity index (χ1v) is 9.41. The van der Waals surface area contributed by atoms with E-state index >= 15 is 0 Å². The summed E-state index contributed by atoms with van der Waals surface area (Å²) in [5.74, 6) is -0.0272. The lowest BCUT2D eigenvalue weighted by molar-refractivity contribution is 0.0695. The predicted octanol–water partition coefficient (Wildman–Crippen LogP) is 5.66. The summed E-state index contributed by atoms with van der Waals surface area (Å²) in [5.41, 5.74) is 3.86. The van der Waals surface area contributed by atoms with E-state index in [1.807, 2.05) is 67.6 Å². The zero-order valence-electron chi connectivity index (χ0n) is 16.4. The molecule has 3 aromatic rings. The number of benzene rings is 3. The van der Waals surface area contributed by atoms with Gasteiger partial charge in [-0.25, -0.2) is 4.79 Å². The highest BCUT2D eigenvalue weighted by molar-refractivity contribution is 5.89. The quantitative estimate of drug-likeness (QED) is 0.481.